The van der Waals surface area contributed by atoms with Crippen LogP contribution in [0.3, 0.4) is 0 Å². The normalized spacial score (nSPS) is 11.2. The Morgan fingerprint density at radius 2 is 2.04 bits per heavy atom. The number of hydrogen-bond donors (Lipinski definition) is 1. The third-order valence-electron chi connectivity index (χ3n) is 3.54. The van der Waals surface area contributed by atoms with Crippen LogP contribution >= 0.6 is 11.3 Å². The summed E-state index contributed by atoms with van der Waals surface area (Å²) in [6, 6.07) is 13.1. The van der Waals surface area contributed by atoms with Crippen LogP contribution in [-0.4, -0.2) is 38.7 Å². The number of benzene rings is 1. The molecule has 0 saturated carbocycles. The Balaban J connectivity index is 1.67. The lowest BCUT2D eigenvalue weighted by Gasteiger charge is -2.09. The van der Waals surface area contributed by atoms with E-state index in [0.29, 0.717) is 12.4 Å². The lowest BCUT2D eigenvalue weighted by atomic mass is 10.2. The molecule has 0 bridgehead atoms. The largest absolute Gasteiger partial charge is 0.451 e. The summed E-state index contributed by atoms with van der Waals surface area (Å²) in [6.07, 6.45) is 1.61. The van der Waals surface area contributed by atoms with Crippen LogP contribution in [-0.2, 0) is 20.9 Å². The number of nitrogens with one attached hydrogen (secondary N) is 1. The minimum Gasteiger partial charge on any atom is -0.451 e. The summed E-state index contributed by atoms with van der Waals surface area (Å²) in [5.74, 6) is -0.652. The van der Waals surface area contributed by atoms with Gasteiger partial charge < -0.3 is 10.1 Å². The molecule has 0 fully saturated rings. The van der Waals surface area contributed by atoms with Gasteiger partial charge in [-0.15, -0.1) is 16.4 Å². The number of tetrazole rings is 1. The first-order chi connectivity index (χ1) is 13.1. The second-order valence-electron chi connectivity index (χ2n) is 5.51. The van der Waals surface area contributed by atoms with Crippen LogP contribution in [0.15, 0.2) is 47.8 Å². The summed E-state index contributed by atoms with van der Waals surface area (Å²) in [7, 11) is 0. The van der Waals surface area contributed by atoms with Gasteiger partial charge in [0, 0.05) is 4.88 Å². The van der Waals surface area contributed by atoms with E-state index in [0.717, 1.165) is 10.4 Å². The average molecular weight is 383 g/mol. The van der Waals surface area contributed by atoms with Gasteiger partial charge >= 0.3 is 5.97 Å². The van der Waals surface area contributed by atoms with Crippen LogP contribution in [0.2, 0.25) is 0 Å². The number of ether oxygens (including phenoxy) is 1. The van der Waals surface area contributed by atoms with Gasteiger partial charge in [-0.1, -0.05) is 36.4 Å². The number of esters is 1. The molecule has 1 amide bonds. The molecule has 2 heterocycles. The molecule has 8 nitrogen and oxygen atoms in total. The van der Waals surface area contributed by atoms with E-state index in [4.69, 9.17) is 4.74 Å². The molecule has 0 aliphatic rings. The topological polar surface area (TPSA) is 99.0 Å². The molecule has 0 atom stereocenters. The van der Waals surface area contributed by atoms with Gasteiger partial charge in [-0.2, -0.15) is 4.68 Å². The summed E-state index contributed by atoms with van der Waals surface area (Å²) in [5, 5.41) is 15.8. The van der Waals surface area contributed by atoms with Gasteiger partial charge in [0.2, 0.25) is 0 Å². The zero-order valence-corrected chi connectivity index (χ0v) is 15.3. The van der Waals surface area contributed by atoms with Crippen molar-refractivity contribution in [3.05, 3.63) is 64.1 Å². The van der Waals surface area contributed by atoms with Crippen LogP contribution in [0, 0.1) is 6.92 Å². The molecule has 27 heavy (non-hydrogen) atoms. The van der Waals surface area contributed by atoms with Crippen molar-refractivity contribution in [2.45, 2.75) is 13.5 Å². The maximum absolute atomic E-state index is 12.6. The fourth-order valence-electron chi connectivity index (χ4n) is 2.22. The third kappa shape index (κ3) is 5.08. The number of carbonyl (C=O) groups excluding carboxylic acids is 2. The second kappa shape index (κ2) is 8.86. The first-order valence-electron chi connectivity index (χ1n) is 8.12. The predicted molar refractivity (Wildman–Crippen MR) is 100 cm³/mol. The van der Waals surface area contributed by atoms with E-state index in [2.05, 4.69) is 20.8 Å². The maximum Gasteiger partial charge on any atom is 0.357 e. The number of aryl methyl sites for hydroxylation is 1. The minimum atomic E-state index is -0.694. The Morgan fingerprint density at radius 3 is 2.70 bits per heavy atom. The summed E-state index contributed by atoms with van der Waals surface area (Å²) in [5.41, 5.74) is 0.899. The summed E-state index contributed by atoms with van der Waals surface area (Å²) in [4.78, 5) is 25.5. The van der Waals surface area contributed by atoms with Crippen molar-refractivity contribution in [2.75, 3.05) is 6.61 Å². The van der Waals surface area contributed by atoms with E-state index >= 15 is 0 Å². The molecule has 1 aromatic carbocycles. The van der Waals surface area contributed by atoms with E-state index in [1.165, 1.54) is 16.0 Å². The Morgan fingerprint density at radius 1 is 1.22 bits per heavy atom. The molecular formula is C18H17N5O3S. The molecule has 0 unspecified atom stereocenters. The average Bonchev–Trinajstić information content (AvgIpc) is 3.35. The Hall–Kier alpha value is -3.33. The van der Waals surface area contributed by atoms with Crippen LogP contribution in [0.25, 0.3) is 11.8 Å². The highest BCUT2D eigenvalue weighted by Crippen LogP contribution is 2.13. The van der Waals surface area contributed by atoms with Crippen molar-refractivity contribution in [2.24, 2.45) is 0 Å². The molecule has 0 aliphatic carbocycles. The van der Waals surface area contributed by atoms with Gasteiger partial charge in [-0.3, -0.25) is 4.79 Å². The molecule has 1 N–H and O–H groups in total. The van der Waals surface area contributed by atoms with Crippen molar-refractivity contribution in [1.82, 2.24) is 25.5 Å². The summed E-state index contributed by atoms with van der Waals surface area (Å²) >= 11 is 1.54. The quantitative estimate of drug-likeness (QED) is 0.494. The highest BCUT2D eigenvalue weighted by atomic mass is 32.1. The molecule has 0 saturated heterocycles. The smallest absolute Gasteiger partial charge is 0.357 e. The number of rotatable bonds is 7. The van der Waals surface area contributed by atoms with E-state index in [1.54, 1.807) is 13.0 Å². The molecule has 9 heteroatoms. The van der Waals surface area contributed by atoms with Gasteiger partial charge in [0.1, 0.15) is 0 Å². The van der Waals surface area contributed by atoms with Crippen molar-refractivity contribution in [3.63, 3.8) is 0 Å². The molecule has 3 rings (SSSR count). The van der Waals surface area contributed by atoms with Crippen molar-refractivity contribution < 1.29 is 14.3 Å². The standard InChI is InChI=1S/C18H17N5O3S/c1-13-20-21-22-23(13)16(10-14-6-3-2-4-7-14)18(25)26-12-17(24)19-11-15-8-5-9-27-15/h2-10H,11-12H2,1H3,(H,19,24)/b16-10+. The molecular weight excluding hydrogens is 366 g/mol. The number of aromatic nitrogens is 4. The molecule has 138 valence electrons. The summed E-state index contributed by atoms with van der Waals surface area (Å²) in [6.45, 7) is 1.67. The van der Waals surface area contributed by atoms with Gasteiger partial charge in [0.05, 0.1) is 6.54 Å². The Kier molecular flexibility index (Phi) is 6.06. The molecule has 0 spiro atoms. The number of nitrogens with zero attached hydrogens (tertiary/aromatic N) is 4. The first-order valence-corrected chi connectivity index (χ1v) is 9.00. The number of hydrogen-bond acceptors (Lipinski definition) is 7. The number of amides is 1. The highest BCUT2D eigenvalue weighted by molar-refractivity contribution is 7.09. The van der Waals surface area contributed by atoms with E-state index in [1.807, 2.05) is 47.8 Å². The Labute approximate surface area is 159 Å². The van der Waals surface area contributed by atoms with Crippen molar-refractivity contribution >= 4 is 35.0 Å². The van der Waals surface area contributed by atoms with Crippen molar-refractivity contribution in [3.8, 4) is 0 Å². The van der Waals surface area contributed by atoms with E-state index in [-0.39, 0.29) is 11.6 Å². The zero-order valence-electron chi connectivity index (χ0n) is 14.5. The zero-order chi connectivity index (χ0) is 19.1. The lowest BCUT2D eigenvalue weighted by molar-refractivity contribution is -0.143. The van der Waals surface area contributed by atoms with Gasteiger partial charge in [0.15, 0.2) is 18.1 Å². The number of carbonyl (C=O) groups is 2. The fourth-order valence-corrected chi connectivity index (χ4v) is 2.87. The highest BCUT2D eigenvalue weighted by Gasteiger charge is 2.19. The van der Waals surface area contributed by atoms with Crippen molar-refractivity contribution in [1.29, 1.82) is 0 Å². The molecule has 0 aliphatic heterocycles. The molecule has 3 aromatic rings. The van der Waals surface area contributed by atoms with Crippen LogP contribution in [0.1, 0.15) is 16.3 Å². The SMILES string of the molecule is Cc1nnnn1/C(=C/c1ccccc1)C(=O)OCC(=O)NCc1cccs1. The van der Waals surface area contributed by atoms with Gasteiger partial charge in [-0.05, 0) is 40.4 Å². The Bertz CT molecular complexity index is 935. The minimum absolute atomic E-state index is 0.120. The first kappa shape index (κ1) is 18.5. The number of thiophene rings is 1. The fraction of sp³-hybridized carbons (Fsp3) is 0.167. The maximum atomic E-state index is 12.6. The van der Waals surface area contributed by atoms with E-state index < -0.39 is 12.6 Å². The van der Waals surface area contributed by atoms with Crippen LogP contribution in [0.5, 0.6) is 0 Å². The predicted octanol–water partition coefficient (Wildman–Crippen LogP) is 1.90. The van der Waals surface area contributed by atoms with E-state index in [9.17, 15) is 9.59 Å². The van der Waals surface area contributed by atoms with Gasteiger partial charge in [0.25, 0.3) is 5.91 Å². The second-order valence-corrected chi connectivity index (χ2v) is 6.54. The molecule has 2 aromatic heterocycles. The summed E-state index contributed by atoms with van der Waals surface area (Å²) < 4.78 is 6.43. The van der Waals surface area contributed by atoms with Gasteiger partial charge in [-0.25, -0.2) is 4.79 Å². The molecule has 0 radical (unpaired) electrons. The lowest BCUT2D eigenvalue weighted by Crippen LogP contribution is -2.28. The van der Waals surface area contributed by atoms with Crippen LogP contribution < -0.4 is 5.32 Å². The monoisotopic (exact) mass is 383 g/mol. The van der Waals surface area contributed by atoms with Crippen LogP contribution in [0.4, 0.5) is 0 Å². The third-order valence-corrected chi connectivity index (χ3v) is 4.42.